The Hall–Kier alpha value is -2.50. The number of aryl methyl sites for hydroxylation is 1. The molecular weight excluding hydrogens is 256 g/mol. The number of pyridine rings is 1. The predicted octanol–water partition coefficient (Wildman–Crippen LogP) is 3.16. The van der Waals surface area contributed by atoms with Crippen LogP contribution in [-0.4, -0.2) is 16.1 Å². The fourth-order valence-corrected chi connectivity index (χ4v) is 1.45. The molecule has 0 aliphatic carbocycles. The van der Waals surface area contributed by atoms with Gasteiger partial charge in [0.15, 0.2) is 5.82 Å². The lowest BCUT2D eigenvalue weighted by atomic mass is 10.2. The number of aromatic nitrogens is 1. The maximum Gasteiger partial charge on any atom is 0.338 e. The van der Waals surface area contributed by atoms with Crippen molar-refractivity contribution in [3.63, 3.8) is 0 Å². The molecule has 2 rings (SSSR count). The number of carboxylic acid groups (broad SMARTS) is 1. The maximum absolute atomic E-state index is 13.7. The van der Waals surface area contributed by atoms with Gasteiger partial charge in [-0.25, -0.2) is 18.6 Å². The topological polar surface area (TPSA) is 59.4 Å². The second-order valence-electron chi connectivity index (χ2n) is 3.80. The third kappa shape index (κ3) is 2.67. The summed E-state index contributed by atoms with van der Waals surface area (Å²) in [5.41, 5.74) is -0.212. The van der Waals surface area contributed by atoms with E-state index in [9.17, 15) is 13.6 Å². The van der Waals surface area contributed by atoms with Gasteiger partial charge in [-0.3, -0.25) is 0 Å². The van der Waals surface area contributed by atoms with Gasteiger partial charge in [0.1, 0.15) is 17.1 Å². The SMILES string of the molecule is Cc1cc(Oc2nccc(C(=O)O)c2F)ccc1F. The van der Waals surface area contributed by atoms with E-state index in [0.717, 1.165) is 12.3 Å². The Morgan fingerprint density at radius 1 is 1.32 bits per heavy atom. The van der Waals surface area contributed by atoms with Crippen molar-refractivity contribution in [1.82, 2.24) is 4.98 Å². The molecule has 2 aromatic rings. The average molecular weight is 265 g/mol. The number of carboxylic acids is 1. The van der Waals surface area contributed by atoms with Crippen molar-refractivity contribution in [3.05, 3.63) is 53.2 Å². The molecule has 1 heterocycles. The van der Waals surface area contributed by atoms with E-state index in [4.69, 9.17) is 9.84 Å². The third-order valence-electron chi connectivity index (χ3n) is 2.43. The van der Waals surface area contributed by atoms with Crippen LogP contribution in [0.15, 0.2) is 30.5 Å². The largest absolute Gasteiger partial charge is 0.478 e. The first kappa shape index (κ1) is 12.9. The second kappa shape index (κ2) is 5.01. The highest BCUT2D eigenvalue weighted by molar-refractivity contribution is 5.88. The highest BCUT2D eigenvalue weighted by atomic mass is 19.1. The van der Waals surface area contributed by atoms with Crippen LogP contribution >= 0.6 is 0 Å². The molecular formula is C13H9F2NO3. The predicted molar refractivity (Wildman–Crippen MR) is 62.4 cm³/mol. The molecule has 0 aliphatic heterocycles. The van der Waals surface area contributed by atoms with Crippen LogP contribution in [-0.2, 0) is 0 Å². The van der Waals surface area contributed by atoms with E-state index < -0.39 is 29.0 Å². The summed E-state index contributed by atoms with van der Waals surface area (Å²) >= 11 is 0. The Morgan fingerprint density at radius 2 is 2.05 bits per heavy atom. The van der Waals surface area contributed by atoms with Crippen molar-refractivity contribution in [2.24, 2.45) is 0 Å². The Kier molecular flexibility index (Phi) is 3.41. The molecule has 0 saturated heterocycles. The van der Waals surface area contributed by atoms with Crippen LogP contribution in [0.5, 0.6) is 11.6 Å². The van der Waals surface area contributed by atoms with Crippen LogP contribution in [0.4, 0.5) is 8.78 Å². The molecule has 6 heteroatoms. The smallest absolute Gasteiger partial charge is 0.338 e. The van der Waals surface area contributed by atoms with Crippen molar-refractivity contribution in [3.8, 4) is 11.6 Å². The molecule has 1 aromatic heterocycles. The number of aromatic carboxylic acids is 1. The summed E-state index contributed by atoms with van der Waals surface area (Å²) in [7, 11) is 0. The molecule has 0 aliphatic rings. The number of nitrogens with zero attached hydrogens (tertiary/aromatic N) is 1. The van der Waals surface area contributed by atoms with Gasteiger partial charge in [0.25, 0.3) is 5.88 Å². The van der Waals surface area contributed by atoms with Gasteiger partial charge in [-0.15, -0.1) is 0 Å². The Morgan fingerprint density at radius 3 is 2.68 bits per heavy atom. The minimum Gasteiger partial charge on any atom is -0.478 e. The van der Waals surface area contributed by atoms with Crippen molar-refractivity contribution >= 4 is 5.97 Å². The zero-order valence-electron chi connectivity index (χ0n) is 9.85. The standard InChI is InChI=1S/C13H9F2NO3/c1-7-6-8(2-3-10(7)14)19-12-11(15)9(13(17)18)4-5-16-12/h2-6H,1H3,(H,17,18). The highest BCUT2D eigenvalue weighted by Gasteiger charge is 2.16. The number of benzene rings is 1. The average Bonchev–Trinajstić information content (AvgIpc) is 2.36. The van der Waals surface area contributed by atoms with Gasteiger partial charge in [-0.2, -0.15) is 0 Å². The molecule has 0 amide bonds. The molecule has 0 fully saturated rings. The molecule has 0 radical (unpaired) electrons. The van der Waals surface area contributed by atoms with Crippen molar-refractivity contribution in [1.29, 1.82) is 0 Å². The summed E-state index contributed by atoms with van der Waals surface area (Å²) in [6.45, 7) is 1.53. The van der Waals surface area contributed by atoms with Crippen LogP contribution in [0.1, 0.15) is 15.9 Å². The number of ether oxygens (including phenoxy) is 1. The quantitative estimate of drug-likeness (QED) is 0.926. The van der Waals surface area contributed by atoms with Gasteiger partial charge < -0.3 is 9.84 Å². The van der Waals surface area contributed by atoms with E-state index in [-0.39, 0.29) is 5.75 Å². The molecule has 19 heavy (non-hydrogen) atoms. The minimum atomic E-state index is -1.42. The zero-order chi connectivity index (χ0) is 14.0. The van der Waals surface area contributed by atoms with E-state index >= 15 is 0 Å². The number of halogens is 2. The van der Waals surface area contributed by atoms with Gasteiger partial charge in [0, 0.05) is 6.20 Å². The van der Waals surface area contributed by atoms with E-state index in [1.165, 1.54) is 25.1 Å². The Bertz CT molecular complexity index is 644. The van der Waals surface area contributed by atoms with Crippen molar-refractivity contribution < 1.29 is 23.4 Å². The highest BCUT2D eigenvalue weighted by Crippen LogP contribution is 2.25. The van der Waals surface area contributed by atoms with E-state index in [1.807, 2.05) is 0 Å². The molecule has 0 spiro atoms. The Labute approximate surface area is 107 Å². The first-order chi connectivity index (χ1) is 8.99. The lowest BCUT2D eigenvalue weighted by Gasteiger charge is -2.07. The van der Waals surface area contributed by atoms with Gasteiger partial charge in [0.2, 0.25) is 0 Å². The number of rotatable bonds is 3. The first-order valence-electron chi connectivity index (χ1n) is 5.31. The van der Waals surface area contributed by atoms with Crippen molar-refractivity contribution in [2.45, 2.75) is 6.92 Å². The normalized spacial score (nSPS) is 10.3. The molecule has 0 bridgehead atoms. The van der Waals surface area contributed by atoms with Gasteiger partial charge in [0.05, 0.1) is 0 Å². The van der Waals surface area contributed by atoms with Crippen LogP contribution < -0.4 is 4.74 Å². The summed E-state index contributed by atoms with van der Waals surface area (Å²) in [5, 5.41) is 8.76. The zero-order valence-corrected chi connectivity index (χ0v) is 9.85. The summed E-state index contributed by atoms with van der Waals surface area (Å²) < 4.78 is 31.9. The molecule has 0 unspecified atom stereocenters. The number of hydrogen-bond acceptors (Lipinski definition) is 3. The molecule has 1 aromatic carbocycles. The number of carbonyl (C=O) groups is 1. The van der Waals surface area contributed by atoms with E-state index in [2.05, 4.69) is 4.98 Å². The first-order valence-corrected chi connectivity index (χ1v) is 5.31. The van der Waals surface area contributed by atoms with Gasteiger partial charge in [-0.1, -0.05) is 0 Å². The van der Waals surface area contributed by atoms with Crippen molar-refractivity contribution in [2.75, 3.05) is 0 Å². The summed E-state index contributed by atoms with van der Waals surface area (Å²) in [4.78, 5) is 14.4. The van der Waals surface area contributed by atoms with Crippen LogP contribution in [0.3, 0.4) is 0 Å². The maximum atomic E-state index is 13.7. The molecule has 98 valence electrons. The monoisotopic (exact) mass is 265 g/mol. The lowest BCUT2D eigenvalue weighted by molar-refractivity contribution is 0.0690. The molecule has 1 N–H and O–H groups in total. The van der Waals surface area contributed by atoms with Crippen LogP contribution in [0, 0.1) is 18.6 Å². The fraction of sp³-hybridized carbons (Fsp3) is 0.0769. The third-order valence-corrected chi connectivity index (χ3v) is 2.43. The van der Waals surface area contributed by atoms with Crippen LogP contribution in [0.2, 0.25) is 0 Å². The summed E-state index contributed by atoms with van der Waals surface area (Å²) in [6, 6.07) is 4.87. The van der Waals surface area contributed by atoms with E-state index in [0.29, 0.717) is 5.56 Å². The molecule has 0 saturated carbocycles. The molecule has 4 nitrogen and oxygen atoms in total. The Balaban J connectivity index is 2.35. The van der Waals surface area contributed by atoms with E-state index in [1.54, 1.807) is 0 Å². The minimum absolute atomic E-state index is 0.174. The lowest BCUT2D eigenvalue weighted by Crippen LogP contribution is -2.03. The fourth-order valence-electron chi connectivity index (χ4n) is 1.45. The number of hydrogen-bond donors (Lipinski definition) is 1. The second-order valence-corrected chi connectivity index (χ2v) is 3.80. The van der Waals surface area contributed by atoms with Crippen LogP contribution in [0.25, 0.3) is 0 Å². The van der Waals surface area contributed by atoms with Gasteiger partial charge in [-0.05, 0) is 36.8 Å². The van der Waals surface area contributed by atoms with Gasteiger partial charge >= 0.3 is 5.97 Å². The summed E-state index contributed by atoms with van der Waals surface area (Å²) in [6.07, 6.45) is 1.12. The molecule has 0 atom stereocenters. The summed E-state index contributed by atoms with van der Waals surface area (Å²) in [5.74, 6) is -3.20.